The van der Waals surface area contributed by atoms with Gasteiger partial charge in [-0.3, -0.25) is 10.1 Å². The fourth-order valence-corrected chi connectivity index (χ4v) is 3.33. The first-order valence-electron chi connectivity index (χ1n) is 9.73. The number of para-hydroxylation sites is 1. The van der Waals surface area contributed by atoms with Gasteiger partial charge in [-0.15, -0.1) is 0 Å². The predicted molar refractivity (Wildman–Crippen MR) is 130 cm³/mol. The molecule has 32 heavy (non-hydrogen) atoms. The van der Waals surface area contributed by atoms with Gasteiger partial charge in [0.25, 0.3) is 5.69 Å². The Hall–Kier alpha value is -3.91. The molecule has 0 aliphatic rings. The van der Waals surface area contributed by atoms with Gasteiger partial charge in [0.15, 0.2) is 0 Å². The second-order valence-electron chi connectivity index (χ2n) is 6.90. The van der Waals surface area contributed by atoms with Crippen LogP contribution in [0.1, 0.15) is 5.56 Å². The van der Waals surface area contributed by atoms with Gasteiger partial charge in [-0.25, -0.2) is 15.0 Å². The van der Waals surface area contributed by atoms with Gasteiger partial charge in [0, 0.05) is 28.7 Å². The van der Waals surface area contributed by atoms with Crippen molar-refractivity contribution in [2.24, 2.45) is 5.10 Å². The van der Waals surface area contributed by atoms with E-state index >= 15 is 0 Å². The summed E-state index contributed by atoms with van der Waals surface area (Å²) in [6.07, 6.45) is 1.44. The Morgan fingerprint density at radius 3 is 2.16 bits per heavy atom. The molecule has 4 aromatic rings. The van der Waals surface area contributed by atoms with Gasteiger partial charge in [-0.1, -0.05) is 70.5 Å². The van der Waals surface area contributed by atoms with Crippen LogP contribution in [0.15, 0.2) is 94.5 Å². The monoisotopic (exact) mass is 487 g/mol. The summed E-state index contributed by atoms with van der Waals surface area (Å²) in [6, 6.07) is 26.0. The highest BCUT2D eigenvalue weighted by Gasteiger charge is 2.13. The van der Waals surface area contributed by atoms with E-state index in [1.54, 1.807) is 25.2 Å². The number of rotatable bonds is 6. The highest BCUT2D eigenvalue weighted by Crippen LogP contribution is 2.27. The summed E-state index contributed by atoms with van der Waals surface area (Å²) in [5, 5.41) is 17.1. The molecule has 0 radical (unpaired) electrons. The zero-order valence-electron chi connectivity index (χ0n) is 17.1. The lowest BCUT2D eigenvalue weighted by Crippen LogP contribution is -2.14. The van der Waals surface area contributed by atoms with Crippen molar-refractivity contribution in [2.75, 3.05) is 12.1 Å². The van der Waals surface area contributed by atoms with Gasteiger partial charge in [0.2, 0.25) is 5.95 Å². The molecule has 0 aliphatic carbocycles. The molecule has 8 heteroatoms. The van der Waals surface area contributed by atoms with Crippen LogP contribution in [-0.4, -0.2) is 28.2 Å². The first-order chi connectivity index (χ1) is 15.5. The molecular formula is C24H18BrN5O2. The summed E-state index contributed by atoms with van der Waals surface area (Å²) in [5.74, 6) is 0.374. The van der Waals surface area contributed by atoms with E-state index in [1.807, 2.05) is 60.7 Å². The standard InChI is InChI=1S/C24H18BrN5O2/c1-29(26-16-19-9-5-6-10-23(19)30(31)32)24-27-21(17-7-3-2-4-8-17)15-22(28-24)18-11-13-20(25)14-12-18/h2-16H,1H3. The molecule has 0 bridgehead atoms. The van der Waals surface area contributed by atoms with E-state index in [0.29, 0.717) is 11.5 Å². The normalized spacial score (nSPS) is 10.9. The predicted octanol–water partition coefficient (Wildman–Crippen LogP) is 5.95. The molecule has 0 N–H and O–H groups in total. The van der Waals surface area contributed by atoms with Gasteiger partial charge >= 0.3 is 0 Å². The third kappa shape index (κ3) is 4.87. The van der Waals surface area contributed by atoms with Crippen LogP contribution in [0.4, 0.5) is 11.6 Å². The fraction of sp³-hybridized carbons (Fsp3) is 0.0417. The second-order valence-corrected chi connectivity index (χ2v) is 7.81. The highest BCUT2D eigenvalue weighted by atomic mass is 79.9. The highest BCUT2D eigenvalue weighted by molar-refractivity contribution is 9.10. The lowest BCUT2D eigenvalue weighted by atomic mass is 10.1. The van der Waals surface area contributed by atoms with Crippen LogP contribution in [0, 0.1) is 10.1 Å². The minimum Gasteiger partial charge on any atom is -0.258 e. The molecule has 3 aromatic carbocycles. The van der Waals surface area contributed by atoms with E-state index in [4.69, 9.17) is 0 Å². The minimum atomic E-state index is -0.431. The van der Waals surface area contributed by atoms with Crippen molar-refractivity contribution < 1.29 is 4.92 Å². The van der Waals surface area contributed by atoms with E-state index in [1.165, 1.54) is 17.3 Å². The Morgan fingerprint density at radius 2 is 1.50 bits per heavy atom. The van der Waals surface area contributed by atoms with Crippen molar-refractivity contribution in [3.63, 3.8) is 0 Å². The lowest BCUT2D eigenvalue weighted by Gasteiger charge is -2.14. The second kappa shape index (κ2) is 9.49. The molecular weight excluding hydrogens is 470 g/mol. The molecule has 0 unspecified atom stereocenters. The number of nitro benzene ring substituents is 1. The average molecular weight is 488 g/mol. The van der Waals surface area contributed by atoms with E-state index in [2.05, 4.69) is 31.0 Å². The van der Waals surface area contributed by atoms with Crippen LogP contribution in [0.5, 0.6) is 0 Å². The average Bonchev–Trinajstić information content (AvgIpc) is 2.83. The third-order valence-corrected chi connectivity index (χ3v) is 5.25. The quantitative estimate of drug-likeness (QED) is 0.190. The first-order valence-corrected chi connectivity index (χ1v) is 10.5. The maximum atomic E-state index is 11.3. The number of hydrogen-bond donors (Lipinski definition) is 0. The Kier molecular flexibility index (Phi) is 6.32. The molecule has 4 rings (SSSR count). The fourth-order valence-electron chi connectivity index (χ4n) is 3.07. The van der Waals surface area contributed by atoms with Crippen LogP contribution >= 0.6 is 15.9 Å². The van der Waals surface area contributed by atoms with Gasteiger partial charge < -0.3 is 0 Å². The van der Waals surface area contributed by atoms with Gasteiger partial charge in [0.05, 0.1) is 28.1 Å². The molecule has 0 fully saturated rings. The SMILES string of the molecule is CN(N=Cc1ccccc1[N+](=O)[O-])c1nc(-c2ccccc2)cc(-c2ccc(Br)cc2)n1. The summed E-state index contributed by atoms with van der Waals surface area (Å²) in [7, 11) is 1.71. The molecule has 0 atom stereocenters. The van der Waals surface area contributed by atoms with Crippen LogP contribution in [0.2, 0.25) is 0 Å². The molecule has 0 saturated carbocycles. The van der Waals surface area contributed by atoms with Gasteiger partial charge in [-0.2, -0.15) is 5.10 Å². The van der Waals surface area contributed by atoms with Crippen molar-refractivity contribution in [1.82, 2.24) is 9.97 Å². The molecule has 0 spiro atoms. The topological polar surface area (TPSA) is 84.5 Å². The van der Waals surface area contributed by atoms with Crippen molar-refractivity contribution in [1.29, 1.82) is 0 Å². The number of benzene rings is 3. The molecule has 1 heterocycles. The summed E-state index contributed by atoms with van der Waals surface area (Å²) < 4.78 is 0.977. The Bertz CT molecular complexity index is 1280. The van der Waals surface area contributed by atoms with Crippen molar-refractivity contribution in [3.8, 4) is 22.5 Å². The van der Waals surface area contributed by atoms with Crippen LogP contribution in [-0.2, 0) is 0 Å². The molecule has 1 aromatic heterocycles. The van der Waals surface area contributed by atoms with Crippen LogP contribution < -0.4 is 5.01 Å². The Labute approximate surface area is 193 Å². The van der Waals surface area contributed by atoms with E-state index < -0.39 is 4.92 Å². The summed E-state index contributed by atoms with van der Waals surface area (Å²) in [5.41, 5.74) is 3.77. The number of nitro groups is 1. The maximum absolute atomic E-state index is 11.3. The zero-order chi connectivity index (χ0) is 22.5. The lowest BCUT2D eigenvalue weighted by molar-refractivity contribution is -0.385. The van der Waals surface area contributed by atoms with E-state index in [0.717, 1.165) is 27.0 Å². The Morgan fingerprint density at radius 1 is 0.906 bits per heavy atom. The van der Waals surface area contributed by atoms with Crippen molar-refractivity contribution >= 4 is 33.8 Å². The van der Waals surface area contributed by atoms with Crippen LogP contribution in [0.25, 0.3) is 22.5 Å². The third-order valence-electron chi connectivity index (χ3n) is 4.72. The Balaban J connectivity index is 1.75. The molecule has 0 aliphatic heterocycles. The number of hydrogen-bond acceptors (Lipinski definition) is 6. The largest absolute Gasteiger partial charge is 0.278 e. The van der Waals surface area contributed by atoms with Gasteiger partial charge in [0.1, 0.15) is 0 Å². The molecule has 7 nitrogen and oxygen atoms in total. The molecule has 0 amide bonds. The number of anilines is 1. The summed E-state index contributed by atoms with van der Waals surface area (Å²) in [6.45, 7) is 0. The van der Waals surface area contributed by atoms with Crippen LogP contribution in [0.3, 0.4) is 0 Å². The van der Waals surface area contributed by atoms with E-state index in [9.17, 15) is 10.1 Å². The smallest absolute Gasteiger partial charge is 0.258 e. The molecule has 158 valence electrons. The zero-order valence-corrected chi connectivity index (χ0v) is 18.7. The van der Waals surface area contributed by atoms with E-state index in [-0.39, 0.29) is 5.69 Å². The number of halogens is 1. The summed E-state index contributed by atoms with van der Waals surface area (Å²) in [4.78, 5) is 20.2. The number of aromatic nitrogens is 2. The number of hydrazone groups is 1. The number of nitrogens with zero attached hydrogens (tertiary/aromatic N) is 5. The minimum absolute atomic E-state index is 0.0147. The van der Waals surface area contributed by atoms with Crippen molar-refractivity contribution in [2.45, 2.75) is 0 Å². The van der Waals surface area contributed by atoms with Gasteiger partial charge in [-0.05, 0) is 24.3 Å². The molecule has 0 saturated heterocycles. The summed E-state index contributed by atoms with van der Waals surface area (Å²) >= 11 is 3.46. The van der Waals surface area contributed by atoms with Crippen molar-refractivity contribution in [3.05, 3.63) is 105 Å². The first kappa shape index (κ1) is 21.3. The maximum Gasteiger partial charge on any atom is 0.278 e.